The minimum Gasteiger partial charge on any atom is -0.361 e. The van der Waals surface area contributed by atoms with Crippen molar-refractivity contribution in [2.45, 2.75) is 26.2 Å². The first-order valence-electron chi connectivity index (χ1n) is 8.67. The predicted octanol–water partition coefficient (Wildman–Crippen LogP) is 3.89. The van der Waals surface area contributed by atoms with Crippen LogP contribution in [0.3, 0.4) is 0 Å². The molecule has 0 bridgehead atoms. The van der Waals surface area contributed by atoms with Gasteiger partial charge in [-0.25, -0.2) is 4.98 Å². The first-order valence-corrected chi connectivity index (χ1v) is 9.55. The summed E-state index contributed by atoms with van der Waals surface area (Å²) in [5, 5.41) is 11.3. The fourth-order valence-electron chi connectivity index (χ4n) is 2.88. The molecule has 0 spiro atoms. The van der Waals surface area contributed by atoms with E-state index in [-0.39, 0.29) is 24.0 Å². The van der Waals surface area contributed by atoms with Gasteiger partial charge in [0, 0.05) is 49.0 Å². The van der Waals surface area contributed by atoms with Gasteiger partial charge in [-0.05, 0) is 31.4 Å². The molecule has 0 amide bonds. The number of thiazole rings is 1. The van der Waals surface area contributed by atoms with E-state index in [1.807, 2.05) is 14.0 Å². The SMILES string of the molecule is CN=C(NCCCc1c[nH]c2ccccc12)NCCc1csc(C)n1.I. The van der Waals surface area contributed by atoms with Crippen molar-refractivity contribution in [3.63, 3.8) is 0 Å². The fourth-order valence-corrected chi connectivity index (χ4v) is 3.52. The average molecular weight is 483 g/mol. The van der Waals surface area contributed by atoms with E-state index in [1.165, 1.54) is 16.5 Å². The van der Waals surface area contributed by atoms with Gasteiger partial charge in [0.2, 0.25) is 0 Å². The van der Waals surface area contributed by atoms with E-state index in [9.17, 15) is 0 Å². The Morgan fingerprint density at radius 1 is 1.19 bits per heavy atom. The van der Waals surface area contributed by atoms with Gasteiger partial charge < -0.3 is 15.6 Å². The highest BCUT2D eigenvalue weighted by atomic mass is 127. The minimum atomic E-state index is 0. The molecule has 0 unspecified atom stereocenters. The number of aromatic nitrogens is 2. The monoisotopic (exact) mass is 483 g/mol. The number of aryl methyl sites for hydroxylation is 2. The Balaban J connectivity index is 0.00000243. The molecular formula is C19H26IN5S. The van der Waals surface area contributed by atoms with E-state index in [4.69, 9.17) is 0 Å². The van der Waals surface area contributed by atoms with Crippen molar-refractivity contribution in [3.05, 3.63) is 52.1 Å². The van der Waals surface area contributed by atoms with Crippen LogP contribution in [0.1, 0.15) is 22.7 Å². The van der Waals surface area contributed by atoms with Crippen LogP contribution in [-0.4, -0.2) is 36.1 Å². The molecule has 2 aromatic heterocycles. The molecule has 0 saturated carbocycles. The molecule has 0 aliphatic rings. The normalized spacial score (nSPS) is 11.4. The number of nitrogens with zero attached hydrogens (tertiary/aromatic N) is 2. The third kappa shape index (κ3) is 5.70. The molecule has 3 aromatic rings. The molecule has 3 N–H and O–H groups in total. The first-order chi connectivity index (χ1) is 12.3. The van der Waals surface area contributed by atoms with E-state index in [0.717, 1.165) is 49.0 Å². The standard InChI is InChI=1S/C19H25N5S.HI/c1-14-24-16(13-25-14)9-11-22-19(20-2)21-10-5-6-15-12-23-18-8-4-3-7-17(15)18;/h3-4,7-8,12-13,23H,5-6,9-11H2,1-2H3,(H2,20,21,22);1H. The van der Waals surface area contributed by atoms with Gasteiger partial charge in [-0.2, -0.15) is 0 Å². The Morgan fingerprint density at radius 3 is 2.77 bits per heavy atom. The van der Waals surface area contributed by atoms with Crippen molar-refractivity contribution in [1.29, 1.82) is 0 Å². The molecule has 3 rings (SSSR count). The summed E-state index contributed by atoms with van der Waals surface area (Å²) in [5.74, 6) is 0.853. The lowest BCUT2D eigenvalue weighted by molar-refractivity contribution is 0.738. The molecule has 26 heavy (non-hydrogen) atoms. The summed E-state index contributed by atoms with van der Waals surface area (Å²) in [6.45, 7) is 3.77. The molecule has 7 heteroatoms. The predicted molar refractivity (Wildman–Crippen MR) is 122 cm³/mol. The molecule has 140 valence electrons. The van der Waals surface area contributed by atoms with Crippen LogP contribution in [0.4, 0.5) is 0 Å². The molecule has 2 heterocycles. The maximum atomic E-state index is 4.48. The van der Waals surface area contributed by atoms with Crippen LogP contribution in [0.2, 0.25) is 0 Å². The fraction of sp³-hybridized carbons (Fsp3) is 0.368. The second kappa shape index (κ2) is 10.5. The number of halogens is 1. The summed E-state index contributed by atoms with van der Waals surface area (Å²) in [7, 11) is 1.81. The average Bonchev–Trinajstić information content (AvgIpc) is 3.23. The molecule has 0 aliphatic carbocycles. The molecule has 0 fully saturated rings. The molecule has 5 nitrogen and oxygen atoms in total. The molecule has 0 atom stereocenters. The second-order valence-electron chi connectivity index (χ2n) is 6.00. The Labute approximate surface area is 175 Å². The van der Waals surface area contributed by atoms with Crippen LogP contribution in [-0.2, 0) is 12.8 Å². The number of hydrogen-bond donors (Lipinski definition) is 3. The zero-order valence-corrected chi connectivity index (χ0v) is 18.4. The van der Waals surface area contributed by atoms with Crippen molar-refractivity contribution in [3.8, 4) is 0 Å². The number of aromatic amines is 1. The van der Waals surface area contributed by atoms with Crippen molar-refractivity contribution in [2.24, 2.45) is 4.99 Å². The van der Waals surface area contributed by atoms with Crippen LogP contribution >= 0.6 is 35.3 Å². The number of fused-ring (bicyclic) bond motifs is 1. The van der Waals surface area contributed by atoms with Gasteiger partial charge in [-0.3, -0.25) is 4.99 Å². The molecule has 0 saturated heterocycles. The number of benzene rings is 1. The number of aliphatic imine (C=N–C) groups is 1. The highest BCUT2D eigenvalue weighted by molar-refractivity contribution is 14.0. The lowest BCUT2D eigenvalue weighted by atomic mass is 10.1. The van der Waals surface area contributed by atoms with Crippen molar-refractivity contribution in [2.75, 3.05) is 20.1 Å². The number of para-hydroxylation sites is 1. The highest BCUT2D eigenvalue weighted by Gasteiger charge is 2.03. The van der Waals surface area contributed by atoms with Gasteiger partial charge >= 0.3 is 0 Å². The van der Waals surface area contributed by atoms with Gasteiger partial charge in [0.05, 0.1) is 10.7 Å². The maximum absolute atomic E-state index is 4.48. The molecule has 0 aliphatic heterocycles. The minimum absolute atomic E-state index is 0. The largest absolute Gasteiger partial charge is 0.361 e. The van der Waals surface area contributed by atoms with E-state index in [0.29, 0.717) is 0 Å². The van der Waals surface area contributed by atoms with Crippen molar-refractivity contribution >= 4 is 52.2 Å². The van der Waals surface area contributed by atoms with Gasteiger partial charge in [0.15, 0.2) is 5.96 Å². The third-order valence-electron chi connectivity index (χ3n) is 4.15. The Bertz CT molecular complexity index is 839. The van der Waals surface area contributed by atoms with E-state index in [2.05, 4.69) is 61.4 Å². The van der Waals surface area contributed by atoms with E-state index >= 15 is 0 Å². The number of hydrogen-bond acceptors (Lipinski definition) is 3. The summed E-state index contributed by atoms with van der Waals surface area (Å²) in [6.07, 6.45) is 5.15. The Kier molecular flexibility index (Phi) is 8.37. The van der Waals surface area contributed by atoms with Crippen LogP contribution in [0.25, 0.3) is 10.9 Å². The summed E-state index contributed by atoms with van der Waals surface area (Å²) in [6, 6.07) is 8.45. The Morgan fingerprint density at radius 2 is 2.00 bits per heavy atom. The lowest BCUT2D eigenvalue weighted by Crippen LogP contribution is -2.38. The molecule has 0 radical (unpaired) electrons. The van der Waals surface area contributed by atoms with E-state index in [1.54, 1.807) is 11.3 Å². The van der Waals surface area contributed by atoms with Gasteiger partial charge in [0.25, 0.3) is 0 Å². The van der Waals surface area contributed by atoms with Gasteiger partial charge in [-0.15, -0.1) is 35.3 Å². The van der Waals surface area contributed by atoms with Crippen molar-refractivity contribution in [1.82, 2.24) is 20.6 Å². The molecule has 1 aromatic carbocycles. The zero-order valence-electron chi connectivity index (χ0n) is 15.2. The van der Waals surface area contributed by atoms with Crippen LogP contribution in [0.5, 0.6) is 0 Å². The van der Waals surface area contributed by atoms with Gasteiger partial charge in [-0.1, -0.05) is 18.2 Å². The highest BCUT2D eigenvalue weighted by Crippen LogP contribution is 2.18. The quantitative estimate of drug-likeness (QED) is 0.207. The number of nitrogens with one attached hydrogen (secondary N) is 3. The third-order valence-corrected chi connectivity index (χ3v) is 4.98. The summed E-state index contributed by atoms with van der Waals surface area (Å²) >= 11 is 1.70. The van der Waals surface area contributed by atoms with Gasteiger partial charge in [0.1, 0.15) is 0 Å². The molecular weight excluding hydrogens is 457 g/mol. The number of H-pyrrole nitrogens is 1. The first kappa shape index (κ1) is 20.7. The van der Waals surface area contributed by atoms with Crippen LogP contribution in [0.15, 0.2) is 40.8 Å². The maximum Gasteiger partial charge on any atom is 0.190 e. The summed E-state index contributed by atoms with van der Waals surface area (Å²) in [4.78, 5) is 12.1. The van der Waals surface area contributed by atoms with Crippen molar-refractivity contribution < 1.29 is 0 Å². The van der Waals surface area contributed by atoms with Crippen LogP contribution in [0, 0.1) is 6.92 Å². The lowest BCUT2D eigenvalue weighted by Gasteiger charge is -2.11. The van der Waals surface area contributed by atoms with E-state index < -0.39 is 0 Å². The number of rotatable bonds is 7. The second-order valence-corrected chi connectivity index (χ2v) is 7.06. The zero-order chi connectivity index (χ0) is 17.5. The number of guanidine groups is 1. The Hall–Kier alpha value is -1.61. The topological polar surface area (TPSA) is 65.1 Å². The van der Waals surface area contributed by atoms with Crippen LogP contribution < -0.4 is 10.6 Å². The smallest absolute Gasteiger partial charge is 0.190 e. The summed E-state index contributed by atoms with van der Waals surface area (Å²) in [5.41, 5.74) is 3.73. The summed E-state index contributed by atoms with van der Waals surface area (Å²) < 4.78 is 0.